The Bertz CT molecular complexity index is 506. The maximum absolute atomic E-state index is 11.5. The second-order valence-electron chi connectivity index (χ2n) is 11.7. The Balaban J connectivity index is 3.21. The molecule has 4 atom stereocenters. The monoisotopic (exact) mass is 468 g/mol. The summed E-state index contributed by atoms with van der Waals surface area (Å²) in [5.74, 6) is -1.53. The Morgan fingerprint density at radius 2 is 1.18 bits per heavy atom. The molecule has 0 aliphatic carbocycles. The number of rotatable bonds is 10. The van der Waals surface area contributed by atoms with Crippen LogP contribution >= 0.6 is 0 Å². The molecule has 1 fully saturated rings. The molecular weight excluding hydrogens is 425 g/mol. The van der Waals surface area contributed by atoms with E-state index in [0.29, 0.717) is 6.61 Å². The van der Waals surface area contributed by atoms with Gasteiger partial charge in [-0.05, 0) is 78.6 Å². The lowest BCUT2D eigenvalue weighted by Gasteiger charge is -2.37. The lowest BCUT2D eigenvalue weighted by molar-refractivity contribution is -0.241. The van der Waals surface area contributed by atoms with Gasteiger partial charge < -0.3 is 27.5 Å². The van der Waals surface area contributed by atoms with Crippen molar-refractivity contribution in [2.45, 2.75) is 103 Å². The molecule has 0 aromatic carbocycles. The standard InChI is InChI=1S/C18H44O6Si4/c1-25(2,3)20-13-15-16(23-27(7,8)9)17(24-28(10,11)12)18(19,22-15)14-21-26(4,5)6/h15-17,19H,13-14H2,1-12H3. The second kappa shape index (κ2) is 9.01. The number of hydrogen-bond acceptors (Lipinski definition) is 6. The SMILES string of the molecule is C[Si](C)(C)OCC1OC(O)(CO[Si](C)(C)C)C(O[Si](C)(C)C)C1O[Si](C)(C)C. The molecule has 1 aliphatic heterocycles. The third-order valence-electron chi connectivity index (χ3n) is 3.83. The highest BCUT2D eigenvalue weighted by molar-refractivity contribution is 6.71. The van der Waals surface area contributed by atoms with Crippen LogP contribution in [0.2, 0.25) is 78.6 Å². The maximum Gasteiger partial charge on any atom is 0.217 e. The maximum atomic E-state index is 11.5. The molecule has 4 unspecified atom stereocenters. The third kappa shape index (κ3) is 9.62. The highest BCUT2D eigenvalue weighted by Crippen LogP contribution is 2.38. The van der Waals surface area contributed by atoms with E-state index in [4.69, 9.17) is 22.4 Å². The summed E-state index contributed by atoms with van der Waals surface area (Å²) in [6.45, 7) is 26.0. The molecule has 0 aromatic heterocycles. The zero-order valence-electron chi connectivity index (χ0n) is 20.1. The molecule has 1 heterocycles. The van der Waals surface area contributed by atoms with Crippen LogP contribution in [0.4, 0.5) is 0 Å². The molecule has 0 bridgehead atoms. The number of hydrogen-bond donors (Lipinski definition) is 1. The smallest absolute Gasteiger partial charge is 0.217 e. The zero-order chi connectivity index (χ0) is 22.2. The van der Waals surface area contributed by atoms with E-state index in [0.717, 1.165) is 0 Å². The summed E-state index contributed by atoms with van der Waals surface area (Å²) in [4.78, 5) is 0. The van der Waals surface area contributed by atoms with Crippen LogP contribution in [-0.2, 0) is 22.4 Å². The van der Waals surface area contributed by atoms with Crippen molar-refractivity contribution in [1.82, 2.24) is 0 Å². The summed E-state index contributed by atoms with van der Waals surface area (Å²) in [6.07, 6.45) is -1.34. The average Bonchev–Trinajstić information content (AvgIpc) is 2.64. The van der Waals surface area contributed by atoms with Crippen molar-refractivity contribution in [3.8, 4) is 0 Å². The average molecular weight is 469 g/mol. The van der Waals surface area contributed by atoms with Crippen LogP contribution in [0.5, 0.6) is 0 Å². The molecule has 10 heteroatoms. The Morgan fingerprint density at radius 1 is 0.714 bits per heavy atom. The molecule has 1 saturated heterocycles. The van der Waals surface area contributed by atoms with E-state index in [1.54, 1.807) is 0 Å². The lowest BCUT2D eigenvalue weighted by Crippen LogP contribution is -2.55. The van der Waals surface area contributed by atoms with Gasteiger partial charge in [-0.15, -0.1) is 0 Å². The van der Waals surface area contributed by atoms with Crippen molar-refractivity contribution in [2.24, 2.45) is 0 Å². The van der Waals surface area contributed by atoms with Crippen molar-refractivity contribution in [2.75, 3.05) is 13.2 Å². The van der Waals surface area contributed by atoms with Crippen molar-refractivity contribution in [3.63, 3.8) is 0 Å². The normalized spacial score (nSPS) is 30.1. The molecule has 0 spiro atoms. The van der Waals surface area contributed by atoms with Crippen molar-refractivity contribution >= 4 is 33.3 Å². The van der Waals surface area contributed by atoms with Gasteiger partial charge in [0.05, 0.1) is 13.2 Å². The predicted octanol–water partition coefficient (Wildman–Crippen LogP) is 4.22. The van der Waals surface area contributed by atoms with Gasteiger partial charge in [-0.3, -0.25) is 0 Å². The van der Waals surface area contributed by atoms with Crippen LogP contribution in [-0.4, -0.2) is 75.7 Å². The molecule has 0 amide bonds. The second-order valence-corrected chi connectivity index (χ2v) is 29.6. The molecule has 1 rings (SSSR count). The molecule has 0 saturated carbocycles. The van der Waals surface area contributed by atoms with Gasteiger partial charge in [0.25, 0.3) is 0 Å². The summed E-state index contributed by atoms with van der Waals surface area (Å²) in [5.41, 5.74) is 0. The van der Waals surface area contributed by atoms with E-state index in [9.17, 15) is 5.11 Å². The first kappa shape index (κ1) is 26.7. The lowest BCUT2D eigenvalue weighted by atomic mass is 10.1. The predicted molar refractivity (Wildman–Crippen MR) is 125 cm³/mol. The van der Waals surface area contributed by atoms with E-state index in [1.807, 2.05) is 0 Å². The fourth-order valence-electron chi connectivity index (χ4n) is 2.83. The van der Waals surface area contributed by atoms with E-state index < -0.39 is 45.2 Å². The molecule has 1 N–H and O–H groups in total. The molecular formula is C18H44O6Si4. The van der Waals surface area contributed by atoms with Crippen molar-refractivity contribution < 1.29 is 27.5 Å². The van der Waals surface area contributed by atoms with Gasteiger partial charge in [0.1, 0.15) is 18.3 Å². The minimum absolute atomic E-state index is 0.0902. The third-order valence-corrected chi connectivity index (χ3v) is 7.81. The van der Waals surface area contributed by atoms with Crippen molar-refractivity contribution in [3.05, 3.63) is 0 Å². The molecule has 28 heavy (non-hydrogen) atoms. The summed E-state index contributed by atoms with van der Waals surface area (Å²) >= 11 is 0. The van der Waals surface area contributed by atoms with E-state index >= 15 is 0 Å². The van der Waals surface area contributed by atoms with Gasteiger partial charge in [0.15, 0.2) is 33.3 Å². The van der Waals surface area contributed by atoms with E-state index in [1.165, 1.54) is 0 Å². The summed E-state index contributed by atoms with van der Waals surface area (Å²) in [5, 5.41) is 11.5. The molecule has 0 aromatic rings. The number of aliphatic hydroxyl groups is 1. The Kier molecular flexibility index (Phi) is 8.58. The molecule has 1 aliphatic rings. The fraction of sp³-hybridized carbons (Fsp3) is 1.00. The van der Waals surface area contributed by atoms with Crippen LogP contribution in [0.3, 0.4) is 0 Å². The highest BCUT2D eigenvalue weighted by Gasteiger charge is 2.58. The van der Waals surface area contributed by atoms with Crippen LogP contribution < -0.4 is 0 Å². The van der Waals surface area contributed by atoms with Gasteiger partial charge in [-0.1, -0.05) is 0 Å². The summed E-state index contributed by atoms with van der Waals surface area (Å²) in [7, 11) is -7.46. The summed E-state index contributed by atoms with van der Waals surface area (Å²) in [6, 6.07) is 0. The number of ether oxygens (including phenoxy) is 1. The van der Waals surface area contributed by atoms with E-state index in [-0.39, 0.29) is 18.8 Å². The summed E-state index contributed by atoms with van der Waals surface area (Å²) < 4.78 is 31.4. The first-order valence-corrected chi connectivity index (χ1v) is 23.9. The largest absolute Gasteiger partial charge is 0.415 e. The van der Waals surface area contributed by atoms with Crippen LogP contribution in [0, 0.1) is 0 Å². The molecule has 0 radical (unpaired) electrons. The highest BCUT2D eigenvalue weighted by atomic mass is 28.4. The molecule has 168 valence electrons. The first-order chi connectivity index (χ1) is 12.2. The Hall–Kier alpha value is 0.628. The van der Waals surface area contributed by atoms with Crippen LogP contribution in [0.25, 0.3) is 0 Å². The minimum Gasteiger partial charge on any atom is -0.415 e. The van der Waals surface area contributed by atoms with Gasteiger partial charge in [-0.25, -0.2) is 0 Å². The van der Waals surface area contributed by atoms with Gasteiger partial charge >= 0.3 is 0 Å². The minimum atomic E-state index is -1.97. The van der Waals surface area contributed by atoms with Crippen LogP contribution in [0.1, 0.15) is 0 Å². The van der Waals surface area contributed by atoms with Gasteiger partial charge in [0.2, 0.25) is 5.79 Å². The fourth-order valence-corrected chi connectivity index (χ4v) is 6.31. The van der Waals surface area contributed by atoms with Gasteiger partial charge in [-0.2, -0.15) is 0 Å². The van der Waals surface area contributed by atoms with E-state index in [2.05, 4.69) is 78.6 Å². The van der Waals surface area contributed by atoms with Crippen molar-refractivity contribution in [1.29, 1.82) is 0 Å². The van der Waals surface area contributed by atoms with Gasteiger partial charge in [0, 0.05) is 0 Å². The Morgan fingerprint density at radius 3 is 1.57 bits per heavy atom. The van der Waals surface area contributed by atoms with Crippen LogP contribution in [0.15, 0.2) is 0 Å². The first-order valence-electron chi connectivity index (χ1n) is 10.2. The molecule has 6 nitrogen and oxygen atoms in total. The Labute approximate surface area is 176 Å². The quantitative estimate of drug-likeness (QED) is 0.484. The zero-order valence-corrected chi connectivity index (χ0v) is 24.1. The topological polar surface area (TPSA) is 66.4 Å².